The molecule has 1 saturated carbocycles. The molecule has 216 valence electrons. The maximum Gasteiger partial charge on any atom is 0.415 e. The van der Waals surface area contributed by atoms with Crippen molar-refractivity contribution in [3.63, 3.8) is 0 Å². The van der Waals surface area contributed by atoms with Crippen LogP contribution in [0, 0.1) is 11.8 Å². The molecule has 40 heavy (non-hydrogen) atoms. The first-order valence-corrected chi connectivity index (χ1v) is 14.5. The Bertz CT molecular complexity index is 1200. The van der Waals surface area contributed by atoms with Gasteiger partial charge < -0.3 is 20.5 Å². The number of carbonyl (C=O) groups excluding carboxylic acids is 3. The van der Waals surface area contributed by atoms with E-state index >= 15 is 0 Å². The zero-order chi connectivity index (χ0) is 28.9. The largest absolute Gasteiger partial charge is 0.415 e. The Morgan fingerprint density at radius 3 is 2.45 bits per heavy atom. The van der Waals surface area contributed by atoms with Crippen molar-refractivity contribution in [3.05, 3.63) is 64.1 Å². The summed E-state index contributed by atoms with van der Waals surface area (Å²) in [6.07, 6.45) is 2.39. The average Bonchev–Trinajstić information content (AvgIpc) is 3.60. The molecule has 4 rings (SSSR count). The van der Waals surface area contributed by atoms with Crippen molar-refractivity contribution < 1.29 is 24.2 Å². The van der Waals surface area contributed by atoms with Crippen molar-refractivity contribution in [2.45, 2.75) is 63.5 Å². The lowest BCUT2D eigenvalue weighted by molar-refractivity contribution is -0.128. The van der Waals surface area contributed by atoms with Crippen LogP contribution in [0.5, 0.6) is 5.75 Å². The van der Waals surface area contributed by atoms with Gasteiger partial charge in [-0.05, 0) is 80.0 Å². The quantitative estimate of drug-likeness (QED) is 0.325. The van der Waals surface area contributed by atoms with Crippen LogP contribution in [0.25, 0.3) is 0 Å². The Hall–Kier alpha value is -2.81. The van der Waals surface area contributed by atoms with Gasteiger partial charge in [-0.3, -0.25) is 14.5 Å². The van der Waals surface area contributed by atoms with Crippen LogP contribution in [0.3, 0.4) is 0 Å². The minimum Gasteiger partial charge on any atom is -0.410 e. The first kappa shape index (κ1) is 30.2. The second kappa shape index (κ2) is 13.2. The molecule has 0 bridgehead atoms. The summed E-state index contributed by atoms with van der Waals surface area (Å²) in [6, 6.07) is 12.6. The number of ether oxygens (including phenoxy) is 1. The number of carbonyl (C=O) groups is 3. The van der Waals surface area contributed by atoms with Crippen molar-refractivity contribution in [3.8, 4) is 5.75 Å². The van der Waals surface area contributed by atoms with Gasteiger partial charge >= 0.3 is 6.09 Å². The fourth-order valence-electron chi connectivity index (χ4n) is 5.31. The highest BCUT2D eigenvalue weighted by molar-refractivity contribution is 6.30. The second-order valence-electron chi connectivity index (χ2n) is 11.3. The number of benzene rings is 2. The zero-order valence-corrected chi connectivity index (χ0v) is 24.4. The topological polar surface area (TPSA) is 108 Å². The Labute approximate surface area is 245 Å². The van der Waals surface area contributed by atoms with Crippen LogP contribution in [-0.4, -0.2) is 59.7 Å². The molecule has 2 aromatic carbocycles. The lowest BCUT2D eigenvalue weighted by atomic mass is 9.93. The first-order chi connectivity index (χ1) is 19.1. The summed E-state index contributed by atoms with van der Waals surface area (Å²) < 4.78 is 5.75. The Kier molecular flexibility index (Phi) is 9.98. The predicted octanol–water partition coefficient (Wildman–Crippen LogP) is 4.94. The summed E-state index contributed by atoms with van der Waals surface area (Å²) in [5.41, 5.74) is 0.658. The van der Waals surface area contributed by atoms with E-state index in [-0.39, 0.29) is 42.2 Å². The molecule has 3 atom stereocenters. The highest BCUT2D eigenvalue weighted by Crippen LogP contribution is 2.49. The summed E-state index contributed by atoms with van der Waals surface area (Å²) >= 11 is 12.3. The number of aliphatic hydroxyl groups excluding tert-OH is 1. The number of hydrogen-bond acceptors (Lipinski definition) is 5. The van der Waals surface area contributed by atoms with Crippen molar-refractivity contribution >= 4 is 41.1 Å². The number of rotatable bonds is 12. The van der Waals surface area contributed by atoms with Gasteiger partial charge in [0.25, 0.3) is 0 Å². The molecule has 3 amide bonds. The lowest BCUT2D eigenvalue weighted by Crippen LogP contribution is -2.55. The van der Waals surface area contributed by atoms with Crippen molar-refractivity contribution in [1.82, 2.24) is 15.5 Å². The van der Waals surface area contributed by atoms with E-state index in [4.69, 9.17) is 27.9 Å². The van der Waals surface area contributed by atoms with E-state index < -0.39 is 18.2 Å². The smallest absolute Gasteiger partial charge is 0.410 e. The summed E-state index contributed by atoms with van der Waals surface area (Å²) in [4.78, 5) is 41.2. The normalized spacial score (nSPS) is 19.1. The SMILES string of the molecule is CC(C)C[C@@H](C(=O)N[C@H](CO)C[C@@H]1CCNC1=O)N(CC1(c2cccc(Cl)c2)CC1)C(=O)Oc1ccc(Cl)cc1. The minimum atomic E-state index is -0.858. The van der Waals surface area contributed by atoms with Crippen molar-refractivity contribution in [2.75, 3.05) is 19.7 Å². The van der Waals surface area contributed by atoms with Gasteiger partial charge in [-0.15, -0.1) is 0 Å². The van der Waals surface area contributed by atoms with Gasteiger partial charge in [-0.1, -0.05) is 49.2 Å². The van der Waals surface area contributed by atoms with Gasteiger partial charge in [0, 0.05) is 34.5 Å². The molecule has 0 aromatic heterocycles. The first-order valence-electron chi connectivity index (χ1n) is 13.8. The standard InChI is InChI=1S/C30H37Cl2N3O5/c1-19(2)14-26(28(38)34-24(17-36)15-20-10-13-33-27(20)37)35(29(39)40-25-8-6-22(31)7-9-25)18-30(11-12-30)21-4-3-5-23(32)16-21/h3-9,16,19-20,24,26,36H,10-15,17-18H2,1-2H3,(H,33,37)(H,34,38)/t20-,24-,26-/m0/s1. The highest BCUT2D eigenvalue weighted by atomic mass is 35.5. The van der Waals surface area contributed by atoms with E-state index in [1.54, 1.807) is 24.3 Å². The van der Waals surface area contributed by atoms with E-state index in [1.165, 1.54) is 4.90 Å². The zero-order valence-electron chi connectivity index (χ0n) is 22.9. The third-order valence-corrected chi connectivity index (χ3v) is 8.18. The Morgan fingerprint density at radius 2 is 1.88 bits per heavy atom. The average molecular weight is 591 g/mol. The molecule has 0 unspecified atom stereocenters. The van der Waals surface area contributed by atoms with Crippen LogP contribution >= 0.6 is 23.2 Å². The fraction of sp³-hybridized carbons (Fsp3) is 0.500. The number of hydrogen-bond donors (Lipinski definition) is 3. The molecule has 2 fully saturated rings. The molecule has 1 aliphatic carbocycles. The van der Waals surface area contributed by atoms with Crippen LogP contribution in [-0.2, 0) is 15.0 Å². The Morgan fingerprint density at radius 1 is 1.15 bits per heavy atom. The van der Waals surface area contributed by atoms with Gasteiger partial charge in [-0.25, -0.2) is 4.79 Å². The van der Waals surface area contributed by atoms with Crippen LogP contribution in [0.15, 0.2) is 48.5 Å². The fourth-order valence-corrected chi connectivity index (χ4v) is 5.63. The van der Waals surface area contributed by atoms with Crippen LogP contribution in [0.2, 0.25) is 10.0 Å². The van der Waals surface area contributed by atoms with E-state index in [0.29, 0.717) is 41.6 Å². The summed E-state index contributed by atoms with van der Waals surface area (Å²) in [5, 5.41) is 16.9. The van der Waals surface area contributed by atoms with Crippen molar-refractivity contribution in [2.24, 2.45) is 11.8 Å². The van der Waals surface area contributed by atoms with Gasteiger partial charge in [0.1, 0.15) is 11.8 Å². The van der Waals surface area contributed by atoms with E-state index in [0.717, 1.165) is 18.4 Å². The molecule has 3 N–H and O–H groups in total. The third kappa shape index (κ3) is 7.68. The maximum atomic E-state index is 13.8. The molecular weight excluding hydrogens is 553 g/mol. The molecule has 2 aliphatic rings. The number of nitrogens with one attached hydrogen (secondary N) is 2. The van der Waals surface area contributed by atoms with Gasteiger partial charge in [-0.2, -0.15) is 0 Å². The lowest BCUT2D eigenvalue weighted by Gasteiger charge is -2.35. The number of halogens is 2. The molecule has 2 aromatic rings. The summed E-state index contributed by atoms with van der Waals surface area (Å²) in [5.74, 6) is -0.338. The second-order valence-corrected chi connectivity index (χ2v) is 12.2. The highest BCUT2D eigenvalue weighted by Gasteiger charge is 2.49. The summed E-state index contributed by atoms with van der Waals surface area (Å²) in [7, 11) is 0. The number of amides is 3. The molecule has 8 nitrogen and oxygen atoms in total. The number of aliphatic hydroxyl groups is 1. The molecule has 10 heteroatoms. The van der Waals surface area contributed by atoms with Crippen LogP contribution in [0.1, 0.15) is 51.5 Å². The van der Waals surface area contributed by atoms with Gasteiger partial charge in [0.15, 0.2) is 0 Å². The van der Waals surface area contributed by atoms with Crippen LogP contribution < -0.4 is 15.4 Å². The predicted molar refractivity (Wildman–Crippen MR) is 155 cm³/mol. The van der Waals surface area contributed by atoms with Crippen LogP contribution in [0.4, 0.5) is 4.79 Å². The van der Waals surface area contributed by atoms with E-state index in [1.807, 2.05) is 38.1 Å². The molecule has 1 aliphatic heterocycles. The van der Waals surface area contributed by atoms with Crippen molar-refractivity contribution in [1.29, 1.82) is 0 Å². The maximum absolute atomic E-state index is 13.8. The van der Waals surface area contributed by atoms with E-state index in [9.17, 15) is 19.5 Å². The third-order valence-electron chi connectivity index (χ3n) is 7.69. The van der Waals surface area contributed by atoms with E-state index in [2.05, 4.69) is 10.6 Å². The molecule has 1 saturated heterocycles. The molecule has 0 spiro atoms. The monoisotopic (exact) mass is 589 g/mol. The number of nitrogens with zero attached hydrogens (tertiary/aromatic N) is 1. The molecular formula is C30H37Cl2N3O5. The Balaban J connectivity index is 1.61. The molecule has 1 heterocycles. The minimum absolute atomic E-state index is 0.0724. The molecule has 0 radical (unpaired) electrons. The van der Waals surface area contributed by atoms with Gasteiger partial charge in [0.05, 0.1) is 12.6 Å². The van der Waals surface area contributed by atoms with Gasteiger partial charge in [0.2, 0.25) is 11.8 Å². The summed E-state index contributed by atoms with van der Waals surface area (Å²) in [6.45, 7) is 4.50.